The molecule has 178 valence electrons. The molecule has 4 aliphatic rings. The molecule has 0 radical (unpaired) electrons. The minimum Gasteiger partial charge on any atom is -0.373 e. The van der Waals surface area contributed by atoms with E-state index in [0.717, 1.165) is 30.9 Å². The van der Waals surface area contributed by atoms with Crippen LogP contribution in [0.1, 0.15) is 42.9 Å². The third-order valence-corrected chi connectivity index (χ3v) is 7.67. The fourth-order valence-electron chi connectivity index (χ4n) is 5.33. The minimum atomic E-state index is -1.28. The van der Waals surface area contributed by atoms with Crippen LogP contribution in [0.4, 0.5) is 20.3 Å². The van der Waals surface area contributed by atoms with Crippen molar-refractivity contribution in [2.45, 2.75) is 31.7 Å². The quantitative estimate of drug-likeness (QED) is 0.708. The maximum Gasteiger partial charge on any atom is 0.208 e. The lowest BCUT2D eigenvalue weighted by atomic mass is 9.90. The van der Waals surface area contributed by atoms with Crippen LogP contribution in [-0.4, -0.2) is 42.7 Å². The van der Waals surface area contributed by atoms with Crippen LogP contribution in [0, 0.1) is 28.4 Å². The summed E-state index contributed by atoms with van der Waals surface area (Å²) in [6.45, 7) is 2.89. The molecule has 7 nitrogen and oxygen atoms in total. The van der Waals surface area contributed by atoms with Gasteiger partial charge in [-0.1, -0.05) is 0 Å². The van der Waals surface area contributed by atoms with Crippen molar-refractivity contribution >= 4 is 23.0 Å². The van der Waals surface area contributed by atoms with E-state index in [4.69, 9.17) is 5.26 Å². The van der Waals surface area contributed by atoms with Gasteiger partial charge in [0.15, 0.2) is 5.82 Å². The first kappa shape index (κ1) is 21.9. The van der Waals surface area contributed by atoms with Crippen LogP contribution in [0.15, 0.2) is 46.7 Å². The molecule has 9 heteroatoms. The predicted octanol–water partition coefficient (Wildman–Crippen LogP) is 3.46. The molecule has 35 heavy (non-hydrogen) atoms. The largest absolute Gasteiger partial charge is 0.373 e. The number of nitrogens with one attached hydrogen (secondary N) is 2. The molecule has 2 aromatic rings. The Hall–Kier alpha value is -3.64. The van der Waals surface area contributed by atoms with Crippen LogP contribution < -0.4 is 15.5 Å². The van der Waals surface area contributed by atoms with Gasteiger partial charge in [0, 0.05) is 37.4 Å². The van der Waals surface area contributed by atoms with Crippen LogP contribution in [0.5, 0.6) is 0 Å². The third-order valence-electron chi connectivity index (χ3n) is 7.67. The van der Waals surface area contributed by atoms with Crippen molar-refractivity contribution in [3.63, 3.8) is 0 Å². The summed E-state index contributed by atoms with van der Waals surface area (Å²) in [5, 5.41) is 15.1. The lowest BCUT2D eigenvalue weighted by Gasteiger charge is -2.33. The average molecular weight is 475 g/mol. The van der Waals surface area contributed by atoms with E-state index in [9.17, 15) is 13.6 Å². The number of nitriles is 1. The summed E-state index contributed by atoms with van der Waals surface area (Å²) in [7, 11) is 0. The molecule has 1 saturated carbocycles. The van der Waals surface area contributed by atoms with Crippen molar-refractivity contribution in [2.75, 3.05) is 31.1 Å². The summed E-state index contributed by atoms with van der Waals surface area (Å²) in [6.07, 6.45) is 6.90. The molecule has 0 amide bonds. The second-order valence-electron chi connectivity index (χ2n) is 9.79. The number of carbonyl (C=O) groups excluding carboxylic acids is 1. The second-order valence-corrected chi connectivity index (χ2v) is 9.79. The van der Waals surface area contributed by atoms with Crippen LogP contribution in [0.3, 0.4) is 0 Å². The van der Waals surface area contributed by atoms with Gasteiger partial charge in [0.05, 0.1) is 29.1 Å². The fraction of sp³-hybridized carbons (Fsp3) is 0.385. The second kappa shape index (κ2) is 8.24. The smallest absolute Gasteiger partial charge is 0.208 e. The van der Waals surface area contributed by atoms with Crippen molar-refractivity contribution in [3.05, 3.63) is 64.5 Å². The molecule has 1 aliphatic carbocycles. The normalized spacial score (nSPS) is 23.9. The summed E-state index contributed by atoms with van der Waals surface area (Å²) < 4.78 is 29.5. The highest BCUT2D eigenvalue weighted by atomic mass is 19.1. The first-order valence-electron chi connectivity index (χ1n) is 11.9. The number of nitrogens with zero attached hydrogens (tertiary/aromatic N) is 4. The molecule has 0 bridgehead atoms. The number of hydrogen-bond donors (Lipinski definition) is 2. The van der Waals surface area contributed by atoms with Crippen molar-refractivity contribution in [1.82, 2.24) is 15.6 Å². The van der Waals surface area contributed by atoms with E-state index in [0.29, 0.717) is 35.6 Å². The predicted molar refractivity (Wildman–Crippen MR) is 126 cm³/mol. The molecular weight excluding hydrogens is 450 g/mol. The first-order chi connectivity index (χ1) is 17.0. The highest BCUT2D eigenvalue weighted by Gasteiger charge is 2.44. The number of carbonyl (C=O) groups is 1. The molecule has 2 fully saturated rings. The van der Waals surface area contributed by atoms with Gasteiger partial charge in [0.2, 0.25) is 5.78 Å². The monoisotopic (exact) mass is 474 g/mol. The Morgan fingerprint density at radius 1 is 1.11 bits per heavy atom. The van der Waals surface area contributed by atoms with Gasteiger partial charge in [0.25, 0.3) is 0 Å². The number of pyridine rings is 1. The maximum absolute atomic E-state index is 14.8. The van der Waals surface area contributed by atoms with E-state index in [-0.39, 0.29) is 11.3 Å². The van der Waals surface area contributed by atoms with Crippen molar-refractivity contribution in [1.29, 1.82) is 5.26 Å². The van der Waals surface area contributed by atoms with E-state index in [1.807, 2.05) is 6.07 Å². The van der Waals surface area contributed by atoms with Gasteiger partial charge in [-0.15, -0.1) is 0 Å². The lowest BCUT2D eigenvalue weighted by Crippen LogP contribution is -2.41. The summed E-state index contributed by atoms with van der Waals surface area (Å²) >= 11 is 0. The molecule has 1 aromatic heterocycles. The summed E-state index contributed by atoms with van der Waals surface area (Å²) in [4.78, 5) is 24.8. The Morgan fingerprint density at radius 2 is 1.86 bits per heavy atom. The van der Waals surface area contributed by atoms with Crippen molar-refractivity contribution in [3.8, 4) is 6.07 Å². The van der Waals surface area contributed by atoms with Gasteiger partial charge < -0.3 is 15.5 Å². The summed E-state index contributed by atoms with van der Waals surface area (Å²) in [6, 6.07) is 6.06. The number of benzene rings is 1. The van der Waals surface area contributed by atoms with Gasteiger partial charge in [-0.2, -0.15) is 5.26 Å². The molecule has 4 heterocycles. The Morgan fingerprint density at radius 3 is 2.49 bits per heavy atom. The van der Waals surface area contributed by atoms with E-state index in [1.54, 1.807) is 18.3 Å². The Kier molecular flexibility index (Phi) is 5.15. The third kappa shape index (κ3) is 3.88. The number of halogens is 2. The molecule has 1 unspecified atom stereocenters. The number of hydrogen-bond acceptors (Lipinski definition) is 7. The van der Waals surface area contributed by atoms with Crippen LogP contribution >= 0.6 is 0 Å². The fourth-order valence-corrected chi connectivity index (χ4v) is 5.33. The highest BCUT2D eigenvalue weighted by Crippen LogP contribution is 2.53. The Balaban J connectivity index is 1.30. The van der Waals surface area contributed by atoms with Crippen molar-refractivity contribution in [2.24, 2.45) is 10.4 Å². The van der Waals surface area contributed by atoms with Gasteiger partial charge in [-0.05, 0) is 55.4 Å². The standard InChI is InChI=1S/C26H24F2N6O/c27-18-9-15(11-29)10-19(28)22(18)24-25(35)23(17-13-30-14-20(17)32-24)33-21-2-1-16(12-31-21)34-7-5-26(3-4-26)6-8-34/h1-2,9-10,12,24,30,32H,3-8,13-14H2. The Labute approximate surface area is 201 Å². The number of rotatable bonds is 3. The zero-order valence-corrected chi connectivity index (χ0v) is 19.1. The number of Topliss-reactive ketones (excluding diaryl/α,β-unsaturated/α-hetero) is 1. The van der Waals surface area contributed by atoms with Crippen molar-refractivity contribution < 1.29 is 13.6 Å². The molecule has 1 atom stereocenters. The number of anilines is 1. The number of aromatic nitrogens is 1. The summed E-state index contributed by atoms with van der Waals surface area (Å²) in [5.74, 6) is -2.06. The zero-order chi connectivity index (χ0) is 24.2. The number of aliphatic imine (C=N–C) groups is 1. The molecule has 1 saturated heterocycles. The van der Waals surface area contributed by atoms with E-state index < -0.39 is 29.0 Å². The van der Waals surface area contributed by atoms with Gasteiger partial charge >= 0.3 is 0 Å². The van der Waals surface area contributed by atoms with E-state index in [1.165, 1.54) is 25.7 Å². The van der Waals surface area contributed by atoms with E-state index in [2.05, 4.69) is 25.5 Å². The van der Waals surface area contributed by atoms with Gasteiger partial charge in [0.1, 0.15) is 23.4 Å². The zero-order valence-electron chi connectivity index (χ0n) is 19.1. The SMILES string of the molecule is N#Cc1cc(F)c(C2NC3=C(CNC3)C(=Nc3ccc(N4CCC5(CC4)CC5)cn3)C2=O)c(F)c1. The maximum atomic E-state index is 14.8. The molecule has 1 aromatic carbocycles. The topological polar surface area (TPSA) is 93.4 Å². The molecule has 2 N–H and O–H groups in total. The van der Waals surface area contributed by atoms with Gasteiger partial charge in [-0.25, -0.2) is 18.8 Å². The Bertz CT molecular complexity index is 1290. The van der Waals surface area contributed by atoms with Crippen LogP contribution in [-0.2, 0) is 4.79 Å². The first-order valence-corrected chi connectivity index (χ1v) is 11.9. The highest BCUT2D eigenvalue weighted by molar-refractivity contribution is 6.49. The average Bonchev–Trinajstić information content (AvgIpc) is 3.44. The molecule has 6 rings (SSSR count). The van der Waals surface area contributed by atoms with Gasteiger partial charge in [-0.3, -0.25) is 4.79 Å². The molecule has 1 spiro atoms. The van der Waals surface area contributed by atoms with E-state index >= 15 is 0 Å². The minimum absolute atomic E-state index is 0.144. The summed E-state index contributed by atoms with van der Waals surface area (Å²) in [5.41, 5.74) is 2.56. The van der Waals surface area contributed by atoms with Crippen LogP contribution in [0.25, 0.3) is 0 Å². The number of ketones is 1. The molecule has 3 aliphatic heterocycles. The molecular formula is C26H24F2N6O. The number of piperidine rings is 1. The van der Waals surface area contributed by atoms with Crippen LogP contribution in [0.2, 0.25) is 0 Å². The lowest BCUT2D eigenvalue weighted by molar-refractivity contribution is -0.115.